The number of aromatic nitrogens is 1. The van der Waals surface area contributed by atoms with E-state index in [1.165, 1.54) is 0 Å². The molecule has 0 aliphatic heterocycles. The molecule has 0 amide bonds. The molecule has 0 unspecified atom stereocenters. The van der Waals surface area contributed by atoms with Crippen LogP contribution in [0, 0.1) is 18.6 Å². The van der Waals surface area contributed by atoms with Gasteiger partial charge in [-0.25, -0.2) is 8.78 Å². The Morgan fingerprint density at radius 1 is 1.20 bits per heavy atom. The van der Waals surface area contributed by atoms with Crippen LogP contribution in [0.2, 0.25) is 0 Å². The number of pyridine rings is 1. The van der Waals surface area contributed by atoms with Crippen molar-refractivity contribution >= 4 is 5.69 Å². The smallest absolute Gasteiger partial charge is 0.167 e. The summed E-state index contributed by atoms with van der Waals surface area (Å²) in [6.07, 6.45) is 2.61. The molecule has 1 N–H and O–H groups in total. The van der Waals surface area contributed by atoms with E-state index in [-0.39, 0.29) is 5.69 Å². The molecule has 20 heavy (non-hydrogen) atoms. The van der Waals surface area contributed by atoms with E-state index in [0.29, 0.717) is 13.0 Å². The number of aryl methyl sites for hydroxylation is 1. The molecule has 0 aliphatic carbocycles. The molecule has 0 saturated carbocycles. The van der Waals surface area contributed by atoms with Crippen LogP contribution in [0.25, 0.3) is 0 Å². The summed E-state index contributed by atoms with van der Waals surface area (Å²) in [4.78, 5) is 3.44. The van der Waals surface area contributed by atoms with Crippen molar-refractivity contribution in [3.8, 4) is 5.75 Å². The van der Waals surface area contributed by atoms with Crippen molar-refractivity contribution in [2.75, 3.05) is 19.0 Å². The van der Waals surface area contributed by atoms with Crippen LogP contribution in [0.5, 0.6) is 5.75 Å². The summed E-state index contributed by atoms with van der Waals surface area (Å²) in [5.74, 6) is -0.568. The van der Waals surface area contributed by atoms with Gasteiger partial charge in [0.15, 0.2) is 11.6 Å². The lowest BCUT2D eigenvalue weighted by molar-refractivity contribution is 0.411. The van der Waals surface area contributed by atoms with E-state index < -0.39 is 11.6 Å². The van der Waals surface area contributed by atoms with Crippen molar-refractivity contribution in [3.05, 3.63) is 53.4 Å². The molecule has 2 rings (SSSR count). The summed E-state index contributed by atoms with van der Waals surface area (Å²) in [7, 11) is 1.62. The number of anilines is 1. The number of nitrogens with one attached hydrogen (secondary N) is 1. The van der Waals surface area contributed by atoms with Crippen LogP contribution in [-0.2, 0) is 6.42 Å². The molecule has 0 radical (unpaired) electrons. The minimum Gasteiger partial charge on any atom is -0.496 e. The van der Waals surface area contributed by atoms with E-state index >= 15 is 0 Å². The van der Waals surface area contributed by atoms with Crippen LogP contribution in [0.3, 0.4) is 0 Å². The SMILES string of the molecule is COc1cc(CCNc2c(F)cncc2F)ccc1C. The Morgan fingerprint density at radius 3 is 2.55 bits per heavy atom. The van der Waals surface area contributed by atoms with Crippen molar-refractivity contribution in [2.45, 2.75) is 13.3 Å². The Balaban J connectivity index is 1.99. The lowest BCUT2D eigenvalue weighted by Crippen LogP contribution is -2.08. The van der Waals surface area contributed by atoms with Crippen molar-refractivity contribution in [3.63, 3.8) is 0 Å². The average Bonchev–Trinajstić information content (AvgIpc) is 2.44. The van der Waals surface area contributed by atoms with E-state index in [1.54, 1.807) is 7.11 Å². The number of hydrogen-bond acceptors (Lipinski definition) is 3. The fourth-order valence-electron chi connectivity index (χ4n) is 1.93. The van der Waals surface area contributed by atoms with Gasteiger partial charge >= 0.3 is 0 Å². The van der Waals surface area contributed by atoms with Gasteiger partial charge < -0.3 is 10.1 Å². The number of nitrogens with zero attached hydrogens (tertiary/aromatic N) is 1. The molecule has 0 atom stereocenters. The molecule has 1 aromatic carbocycles. The second-order valence-electron chi connectivity index (χ2n) is 4.46. The second-order valence-corrected chi connectivity index (χ2v) is 4.46. The van der Waals surface area contributed by atoms with E-state index in [4.69, 9.17) is 4.74 Å². The fourth-order valence-corrected chi connectivity index (χ4v) is 1.93. The Kier molecular flexibility index (Phi) is 4.50. The summed E-state index contributed by atoms with van der Waals surface area (Å²) in [5, 5.41) is 2.75. The summed E-state index contributed by atoms with van der Waals surface area (Å²) in [6.45, 7) is 2.38. The Labute approximate surface area is 116 Å². The molecule has 0 aliphatic rings. The number of methoxy groups -OCH3 is 1. The lowest BCUT2D eigenvalue weighted by atomic mass is 10.1. The van der Waals surface area contributed by atoms with E-state index in [9.17, 15) is 8.78 Å². The average molecular weight is 278 g/mol. The van der Waals surface area contributed by atoms with Crippen LogP contribution in [-0.4, -0.2) is 18.6 Å². The quantitative estimate of drug-likeness (QED) is 0.911. The zero-order chi connectivity index (χ0) is 14.5. The maximum Gasteiger partial charge on any atom is 0.167 e. The molecular formula is C15H16F2N2O. The van der Waals surface area contributed by atoms with Crippen molar-refractivity contribution < 1.29 is 13.5 Å². The highest BCUT2D eigenvalue weighted by Crippen LogP contribution is 2.20. The maximum absolute atomic E-state index is 13.4. The minimum absolute atomic E-state index is 0.140. The standard InChI is InChI=1S/C15H16F2N2O/c1-10-3-4-11(7-14(10)20-2)5-6-19-15-12(16)8-18-9-13(15)17/h3-4,7-9H,5-6H2,1-2H3,(H,18,19). The predicted molar refractivity (Wildman–Crippen MR) is 74.1 cm³/mol. The van der Waals surface area contributed by atoms with Gasteiger partial charge in [0.05, 0.1) is 19.5 Å². The van der Waals surface area contributed by atoms with Crippen LogP contribution in [0.1, 0.15) is 11.1 Å². The third-order valence-corrected chi connectivity index (χ3v) is 3.04. The summed E-state index contributed by atoms with van der Waals surface area (Å²) >= 11 is 0. The van der Waals surface area contributed by atoms with Gasteiger partial charge in [0.25, 0.3) is 0 Å². The van der Waals surface area contributed by atoms with Gasteiger partial charge in [0, 0.05) is 6.54 Å². The first-order chi connectivity index (χ1) is 9.61. The molecule has 1 heterocycles. The van der Waals surface area contributed by atoms with E-state index in [2.05, 4.69) is 10.3 Å². The highest BCUT2D eigenvalue weighted by atomic mass is 19.1. The molecule has 2 aromatic rings. The first-order valence-electron chi connectivity index (χ1n) is 6.28. The summed E-state index contributed by atoms with van der Waals surface area (Å²) in [5.41, 5.74) is 1.95. The molecule has 106 valence electrons. The van der Waals surface area contributed by atoms with Crippen molar-refractivity contribution in [1.29, 1.82) is 0 Å². The number of halogens is 2. The zero-order valence-corrected chi connectivity index (χ0v) is 11.4. The molecule has 1 aromatic heterocycles. The van der Waals surface area contributed by atoms with Gasteiger partial charge in [-0.1, -0.05) is 12.1 Å². The van der Waals surface area contributed by atoms with Gasteiger partial charge in [-0.3, -0.25) is 4.98 Å². The Bertz CT molecular complexity index is 582. The van der Waals surface area contributed by atoms with E-state index in [1.807, 2.05) is 25.1 Å². The Morgan fingerprint density at radius 2 is 1.90 bits per heavy atom. The fraction of sp³-hybridized carbons (Fsp3) is 0.267. The molecule has 3 nitrogen and oxygen atoms in total. The highest BCUT2D eigenvalue weighted by molar-refractivity contribution is 5.44. The second kappa shape index (κ2) is 6.32. The van der Waals surface area contributed by atoms with Crippen LogP contribution < -0.4 is 10.1 Å². The molecule has 5 heteroatoms. The van der Waals surface area contributed by atoms with Crippen LogP contribution >= 0.6 is 0 Å². The van der Waals surface area contributed by atoms with Gasteiger partial charge in [-0.2, -0.15) is 0 Å². The van der Waals surface area contributed by atoms with Crippen molar-refractivity contribution in [1.82, 2.24) is 4.98 Å². The first-order valence-corrected chi connectivity index (χ1v) is 6.28. The molecule has 0 spiro atoms. The maximum atomic E-state index is 13.4. The number of rotatable bonds is 5. The lowest BCUT2D eigenvalue weighted by Gasteiger charge is -2.10. The van der Waals surface area contributed by atoms with E-state index in [0.717, 1.165) is 29.3 Å². The monoisotopic (exact) mass is 278 g/mol. The van der Waals surface area contributed by atoms with Gasteiger partial charge in [-0.05, 0) is 30.5 Å². The summed E-state index contributed by atoms with van der Waals surface area (Å²) in [6, 6.07) is 5.86. The third-order valence-electron chi connectivity index (χ3n) is 3.04. The number of ether oxygens (including phenoxy) is 1. The van der Waals surface area contributed by atoms with Gasteiger partial charge in [-0.15, -0.1) is 0 Å². The normalized spacial score (nSPS) is 10.4. The Hall–Kier alpha value is -2.17. The van der Waals surface area contributed by atoms with Crippen molar-refractivity contribution in [2.24, 2.45) is 0 Å². The highest BCUT2D eigenvalue weighted by Gasteiger charge is 2.08. The molecule has 0 saturated heterocycles. The minimum atomic E-state index is -0.688. The first kappa shape index (κ1) is 14.2. The third kappa shape index (κ3) is 3.23. The zero-order valence-electron chi connectivity index (χ0n) is 11.4. The number of benzene rings is 1. The summed E-state index contributed by atoms with van der Waals surface area (Å²) < 4.78 is 32.0. The van der Waals surface area contributed by atoms with Gasteiger partial charge in [0.1, 0.15) is 11.4 Å². The van der Waals surface area contributed by atoms with Crippen LogP contribution in [0.4, 0.5) is 14.5 Å². The molecule has 0 bridgehead atoms. The van der Waals surface area contributed by atoms with Crippen LogP contribution in [0.15, 0.2) is 30.6 Å². The molecule has 0 fully saturated rings. The predicted octanol–water partition coefficient (Wildman–Crippen LogP) is 3.33. The number of hydrogen-bond donors (Lipinski definition) is 1. The topological polar surface area (TPSA) is 34.1 Å². The van der Waals surface area contributed by atoms with Gasteiger partial charge in [0.2, 0.25) is 0 Å². The largest absolute Gasteiger partial charge is 0.496 e. The molecular weight excluding hydrogens is 262 g/mol.